The monoisotopic (exact) mass is 888 g/mol. The molecule has 5 heteroatoms. The van der Waals surface area contributed by atoms with Gasteiger partial charge in [-0.3, -0.25) is 4.79 Å². The summed E-state index contributed by atoms with van der Waals surface area (Å²) in [6.07, 6.45) is 68.1. The number of nitrogens with one attached hydrogen (secondary N) is 1. The second kappa shape index (κ2) is 53.4. The van der Waals surface area contributed by atoms with Gasteiger partial charge in [0.25, 0.3) is 0 Å². The van der Waals surface area contributed by atoms with Crippen LogP contribution in [-0.2, 0) is 4.79 Å². The highest BCUT2D eigenvalue weighted by molar-refractivity contribution is 5.76. The van der Waals surface area contributed by atoms with E-state index in [-0.39, 0.29) is 18.9 Å². The second-order valence-electron chi connectivity index (χ2n) is 19.9. The van der Waals surface area contributed by atoms with E-state index < -0.39 is 18.2 Å². The number of aliphatic hydroxyl groups excluding tert-OH is 3. The zero-order valence-electron chi connectivity index (χ0n) is 42.7. The zero-order chi connectivity index (χ0) is 45.8. The fourth-order valence-electron chi connectivity index (χ4n) is 9.12. The van der Waals surface area contributed by atoms with Crippen LogP contribution in [0.4, 0.5) is 0 Å². The van der Waals surface area contributed by atoms with Gasteiger partial charge in [0.1, 0.15) is 0 Å². The Kier molecular flexibility index (Phi) is 52.5. The molecule has 0 saturated carbocycles. The quantitative estimate of drug-likeness (QED) is 0.0362. The first-order chi connectivity index (χ1) is 31.0. The van der Waals surface area contributed by atoms with Crippen molar-refractivity contribution < 1.29 is 20.1 Å². The van der Waals surface area contributed by atoms with Crippen molar-refractivity contribution in [1.29, 1.82) is 0 Å². The van der Waals surface area contributed by atoms with Gasteiger partial charge in [-0.1, -0.05) is 301 Å². The molecule has 0 aromatic rings. The third-order valence-electron chi connectivity index (χ3n) is 13.5. The number of rotatable bonds is 53. The summed E-state index contributed by atoms with van der Waals surface area (Å²) in [4.78, 5) is 12.5. The van der Waals surface area contributed by atoms with Crippen LogP contribution >= 0.6 is 0 Å². The Labute approximate surface area is 394 Å². The van der Waals surface area contributed by atoms with Gasteiger partial charge in [0.15, 0.2) is 0 Å². The minimum Gasteiger partial charge on any atom is -0.394 e. The summed E-state index contributed by atoms with van der Waals surface area (Å²) in [6, 6.07) is -0.759. The van der Waals surface area contributed by atoms with Gasteiger partial charge in [-0.25, -0.2) is 0 Å². The van der Waals surface area contributed by atoms with E-state index in [1.165, 1.54) is 257 Å². The Morgan fingerprint density at radius 1 is 0.397 bits per heavy atom. The maximum Gasteiger partial charge on any atom is 0.222 e. The van der Waals surface area contributed by atoms with Crippen LogP contribution in [-0.4, -0.2) is 46.1 Å². The Bertz CT molecular complexity index is 936. The van der Waals surface area contributed by atoms with Gasteiger partial charge in [0, 0.05) is 0 Å². The molecule has 0 fully saturated rings. The minimum absolute atomic E-state index is 0.0104. The molecule has 0 aromatic heterocycles. The Hall–Kier alpha value is -1.17. The molecule has 1 amide bonds. The highest BCUT2D eigenvalue weighted by atomic mass is 16.3. The predicted molar refractivity (Wildman–Crippen MR) is 278 cm³/mol. The van der Waals surface area contributed by atoms with Crippen molar-refractivity contribution in [2.24, 2.45) is 0 Å². The van der Waals surface area contributed by atoms with Crippen LogP contribution in [0.1, 0.15) is 316 Å². The molecule has 374 valence electrons. The van der Waals surface area contributed by atoms with Gasteiger partial charge in [-0.2, -0.15) is 0 Å². The van der Waals surface area contributed by atoms with E-state index in [2.05, 4.69) is 31.3 Å². The number of carbonyl (C=O) groups is 1. The van der Waals surface area contributed by atoms with Crippen molar-refractivity contribution in [3.05, 3.63) is 24.3 Å². The SMILES string of the molecule is CCCCCCCCCCCCCC/C=C/CC/C=C/C(O)C(CO)NC(=O)CC(O)CCCCCCCCCCCCCCCCCCCCCCCCCCCCCCCC. The van der Waals surface area contributed by atoms with Crippen molar-refractivity contribution in [2.45, 2.75) is 334 Å². The maximum atomic E-state index is 12.5. The summed E-state index contributed by atoms with van der Waals surface area (Å²) in [5.74, 6) is -0.319. The number of unbranched alkanes of at least 4 members (excludes halogenated alkanes) is 42. The van der Waals surface area contributed by atoms with E-state index in [0.717, 1.165) is 32.1 Å². The highest BCUT2D eigenvalue weighted by Gasteiger charge is 2.20. The maximum absolute atomic E-state index is 12.5. The number of aliphatic hydroxyl groups is 3. The summed E-state index contributed by atoms with van der Waals surface area (Å²) < 4.78 is 0. The van der Waals surface area contributed by atoms with E-state index >= 15 is 0 Å². The molecule has 3 atom stereocenters. The molecule has 0 aliphatic carbocycles. The first-order valence-electron chi connectivity index (χ1n) is 28.6. The number of allylic oxidation sites excluding steroid dienone is 3. The lowest BCUT2D eigenvalue weighted by atomic mass is 10.0. The fraction of sp³-hybridized carbons (Fsp3) is 0.914. The van der Waals surface area contributed by atoms with Crippen LogP contribution < -0.4 is 5.32 Å². The molecule has 5 nitrogen and oxygen atoms in total. The van der Waals surface area contributed by atoms with Gasteiger partial charge < -0.3 is 20.6 Å². The van der Waals surface area contributed by atoms with Gasteiger partial charge in [-0.15, -0.1) is 0 Å². The smallest absolute Gasteiger partial charge is 0.222 e. The largest absolute Gasteiger partial charge is 0.394 e. The molecule has 63 heavy (non-hydrogen) atoms. The predicted octanol–water partition coefficient (Wildman–Crippen LogP) is 17.7. The number of carbonyl (C=O) groups excluding carboxylic acids is 1. The first kappa shape index (κ1) is 61.8. The van der Waals surface area contributed by atoms with E-state index in [1.807, 2.05) is 6.08 Å². The molecular weight excluding hydrogens is 775 g/mol. The summed E-state index contributed by atoms with van der Waals surface area (Å²) >= 11 is 0. The van der Waals surface area contributed by atoms with Crippen LogP contribution in [0.25, 0.3) is 0 Å². The third-order valence-corrected chi connectivity index (χ3v) is 13.5. The molecular formula is C58H113NO4. The molecule has 0 bridgehead atoms. The van der Waals surface area contributed by atoms with E-state index in [9.17, 15) is 20.1 Å². The van der Waals surface area contributed by atoms with Crippen LogP contribution in [0.3, 0.4) is 0 Å². The van der Waals surface area contributed by atoms with Gasteiger partial charge in [0.05, 0.1) is 31.3 Å². The van der Waals surface area contributed by atoms with Gasteiger partial charge in [0.2, 0.25) is 5.91 Å². The molecule has 3 unspecified atom stereocenters. The molecule has 4 N–H and O–H groups in total. The first-order valence-corrected chi connectivity index (χ1v) is 28.6. The molecule has 0 aliphatic heterocycles. The zero-order valence-corrected chi connectivity index (χ0v) is 42.7. The van der Waals surface area contributed by atoms with Gasteiger partial charge in [-0.05, 0) is 32.1 Å². The minimum atomic E-state index is -0.950. The summed E-state index contributed by atoms with van der Waals surface area (Å²) in [6.45, 7) is 4.24. The Morgan fingerprint density at radius 2 is 0.683 bits per heavy atom. The van der Waals surface area contributed by atoms with Crippen LogP contribution in [0.5, 0.6) is 0 Å². The van der Waals surface area contributed by atoms with E-state index in [4.69, 9.17) is 0 Å². The van der Waals surface area contributed by atoms with Crippen LogP contribution in [0.15, 0.2) is 24.3 Å². The van der Waals surface area contributed by atoms with Gasteiger partial charge >= 0.3 is 0 Å². The third kappa shape index (κ3) is 50.1. The Morgan fingerprint density at radius 3 is 1.02 bits per heavy atom. The van der Waals surface area contributed by atoms with Crippen LogP contribution in [0.2, 0.25) is 0 Å². The summed E-state index contributed by atoms with van der Waals surface area (Å²) in [5, 5.41) is 33.4. The average molecular weight is 889 g/mol. The Balaban J connectivity index is 3.52. The van der Waals surface area contributed by atoms with Crippen molar-refractivity contribution in [1.82, 2.24) is 5.32 Å². The van der Waals surface area contributed by atoms with Crippen molar-refractivity contribution in [3.63, 3.8) is 0 Å². The fourth-order valence-corrected chi connectivity index (χ4v) is 9.12. The lowest BCUT2D eigenvalue weighted by Gasteiger charge is -2.21. The topological polar surface area (TPSA) is 89.8 Å². The molecule has 0 spiro atoms. The summed E-state index contributed by atoms with van der Waals surface area (Å²) in [7, 11) is 0. The molecule has 0 rings (SSSR count). The van der Waals surface area contributed by atoms with Crippen molar-refractivity contribution >= 4 is 5.91 Å². The average Bonchev–Trinajstić information content (AvgIpc) is 3.28. The lowest BCUT2D eigenvalue weighted by molar-refractivity contribution is -0.124. The molecule has 0 aliphatic rings. The normalized spacial score (nSPS) is 13.4. The molecule has 0 aromatic carbocycles. The molecule has 0 saturated heterocycles. The highest BCUT2D eigenvalue weighted by Crippen LogP contribution is 2.18. The van der Waals surface area contributed by atoms with Crippen molar-refractivity contribution in [2.75, 3.05) is 6.61 Å². The number of hydrogen-bond donors (Lipinski definition) is 4. The van der Waals surface area contributed by atoms with E-state index in [1.54, 1.807) is 6.08 Å². The standard InChI is InChI=1S/C58H113NO4/c1-3-5-7-9-11-13-15-17-19-21-23-24-25-26-27-28-29-30-31-32-33-34-35-37-39-41-43-45-47-49-51-55(61)53-58(63)59-56(54-60)57(62)52-50-48-46-44-42-40-38-36-22-20-18-16-14-12-10-8-6-4-2/h42,44,50,52,55-57,60-62H,3-41,43,45-49,51,53-54H2,1-2H3,(H,59,63)/b44-42+,52-50+. The van der Waals surface area contributed by atoms with Crippen molar-refractivity contribution in [3.8, 4) is 0 Å². The molecule has 0 heterocycles. The summed E-state index contributed by atoms with van der Waals surface area (Å²) in [5.41, 5.74) is 0. The van der Waals surface area contributed by atoms with E-state index in [0.29, 0.717) is 6.42 Å². The van der Waals surface area contributed by atoms with Crippen LogP contribution in [0, 0.1) is 0 Å². The second-order valence-corrected chi connectivity index (χ2v) is 19.9. The molecule has 0 radical (unpaired) electrons. The number of hydrogen-bond acceptors (Lipinski definition) is 4. The number of amides is 1. The lowest BCUT2D eigenvalue weighted by Crippen LogP contribution is -2.45.